The van der Waals surface area contributed by atoms with Crippen molar-refractivity contribution >= 4 is 27.7 Å². The maximum Gasteiger partial charge on any atom is 0.253 e. The van der Waals surface area contributed by atoms with E-state index in [0.29, 0.717) is 31.5 Å². The smallest absolute Gasteiger partial charge is 0.253 e. The summed E-state index contributed by atoms with van der Waals surface area (Å²) in [4.78, 5) is 26.6. The summed E-state index contributed by atoms with van der Waals surface area (Å²) < 4.78 is 0.924. The molecule has 7 heteroatoms. The second-order valence-electron chi connectivity index (χ2n) is 6.28. The summed E-state index contributed by atoms with van der Waals surface area (Å²) in [7, 11) is 0. The lowest BCUT2D eigenvalue weighted by Crippen LogP contribution is -2.46. The third-order valence-electron chi connectivity index (χ3n) is 4.37. The molecule has 2 amide bonds. The van der Waals surface area contributed by atoms with Crippen molar-refractivity contribution in [1.29, 1.82) is 0 Å². The minimum atomic E-state index is -0.353. The number of carbonyl (C=O) groups is 2. The molecule has 3 rings (SSSR count). The largest absolute Gasteiger partial charge is 0.508 e. The highest BCUT2D eigenvalue weighted by Gasteiger charge is 2.25. The lowest BCUT2D eigenvalue weighted by molar-refractivity contribution is 0.0698. The van der Waals surface area contributed by atoms with Gasteiger partial charge in [-0.2, -0.15) is 0 Å². The summed E-state index contributed by atoms with van der Waals surface area (Å²) in [5.74, 6) is -0.691. The summed E-state index contributed by atoms with van der Waals surface area (Å²) in [6.07, 6.45) is 1.30. The molecule has 2 aromatic rings. The van der Waals surface area contributed by atoms with Gasteiger partial charge in [-0.1, -0.05) is 15.9 Å². The minimum absolute atomic E-state index is 0.0137. The topological polar surface area (TPSA) is 89.9 Å². The fourth-order valence-electron chi connectivity index (χ4n) is 3.00. The average molecular weight is 419 g/mol. The highest BCUT2D eigenvalue weighted by molar-refractivity contribution is 9.10. The van der Waals surface area contributed by atoms with Gasteiger partial charge in [-0.05, 0) is 49.2 Å². The fourth-order valence-corrected chi connectivity index (χ4v) is 3.26. The van der Waals surface area contributed by atoms with Gasteiger partial charge in [0.25, 0.3) is 11.8 Å². The summed E-state index contributed by atoms with van der Waals surface area (Å²) in [6.45, 7) is 1.12. The van der Waals surface area contributed by atoms with E-state index < -0.39 is 0 Å². The summed E-state index contributed by atoms with van der Waals surface area (Å²) in [5, 5.41) is 21.9. The van der Waals surface area contributed by atoms with Crippen LogP contribution in [0.4, 0.5) is 0 Å². The number of halogens is 1. The maximum absolute atomic E-state index is 12.5. The molecule has 1 aliphatic rings. The molecule has 136 valence electrons. The monoisotopic (exact) mass is 418 g/mol. The van der Waals surface area contributed by atoms with Crippen LogP contribution in [0.25, 0.3) is 0 Å². The number of carbonyl (C=O) groups excluding carboxylic acids is 2. The predicted molar refractivity (Wildman–Crippen MR) is 100 cm³/mol. The van der Waals surface area contributed by atoms with E-state index >= 15 is 0 Å². The molecule has 1 aliphatic heterocycles. The van der Waals surface area contributed by atoms with Gasteiger partial charge in [-0.25, -0.2) is 0 Å². The first-order valence-electron chi connectivity index (χ1n) is 8.31. The lowest BCUT2D eigenvalue weighted by atomic mass is 10.0. The second-order valence-corrected chi connectivity index (χ2v) is 7.20. The Bertz CT molecular complexity index is 795. The van der Waals surface area contributed by atoms with E-state index in [0.717, 1.165) is 4.47 Å². The summed E-state index contributed by atoms with van der Waals surface area (Å²) >= 11 is 3.35. The number of phenols is 2. The molecule has 1 saturated heterocycles. The summed E-state index contributed by atoms with van der Waals surface area (Å²) in [6, 6.07) is 11.0. The first-order valence-corrected chi connectivity index (χ1v) is 9.10. The average Bonchev–Trinajstić information content (AvgIpc) is 2.61. The number of rotatable bonds is 3. The van der Waals surface area contributed by atoms with Gasteiger partial charge in [0.15, 0.2) is 0 Å². The van der Waals surface area contributed by atoms with Crippen molar-refractivity contribution in [1.82, 2.24) is 10.2 Å². The lowest BCUT2D eigenvalue weighted by Gasteiger charge is -2.32. The molecule has 0 saturated carbocycles. The minimum Gasteiger partial charge on any atom is -0.508 e. The Kier molecular flexibility index (Phi) is 5.46. The molecule has 2 aromatic carbocycles. The Morgan fingerprint density at radius 1 is 0.962 bits per heavy atom. The number of phenolic OH excluding ortho intramolecular Hbond substituents is 2. The third-order valence-corrected chi connectivity index (χ3v) is 4.90. The Morgan fingerprint density at radius 3 is 2.12 bits per heavy atom. The third kappa shape index (κ3) is 4.35. The van der Waals surface area contributed by atoms with Gasteiger partial charge in [0.2, 0.25) is 0 Å². The zero-order chi connectivity index (χ0) is 18.7. The van der Waals surface area contributed by atoms with Gasteiger partial charge < -0.3 is 20.4 Å². The molecule has 26 heavy (non-hydrogen) atoms. The number of likely N-dealkylation sites (tertiary alicyclic amines) is 1. The number of hydrogen-bond donors (Lipinski definition) is 3. The number of nitrogens with zero attached hydrogens (tertiary/aromatic N) is 1. The van der Waals surface area contributed by atoms with Crippen LogP contribution in [0, 0.1) is 0 Å². The van der Waals surface area contributed by atoms with Gasteiger partial charge in [0.05, 0.1) is 0 Å². The van der Waals surface area contributed by atoms with Crippen molar-refractivity contribution in [2.75, 3.05) is 13.1 Å². The zero-order valence-electron chi connectivity index (χ0n) is 14.0. The van der Waals surface area contributed by atoms with Crippen molar-refractivity contribution in [3.8, 4) is 11.5 Å². The van der Waals surface area contributed by atoms with E-state index in [2.05, 4.69) is 21.2 Å². The van der Waals surface area contributed by atoms with Gasteiger partial charge in [0, 0.05) is 40.8 Å². The van der Waals surface area contributed by atoms with Crippen molar-refractivity contribution < 1.29 is 19.8 Å². The number of amides is 2. The zero-order valence-corrected chi connectivity index (χ0v) is 15.6. The van der Waals surface area contributed by atoms with E-state index in [1.807, 2.05) is 12.1 Å². The van der Waals surface area contributed by atoms with Crippen molar-refractivity contribution in [3.05, 3.63) is 58.1 Å². The van der Waals surface area contributed by atoms with Crippen LogP contribution in [0.5, 0.6) is 11.5 Å². The first kappa shape index (κ1) is 18.3. The van der Waals surface area contributed by atoms with Crippen LogP contribution in [0.3, 0.4) is 0 Å². The van der Waals surface area contributed by atoms with Crippen LogP contribution in [0.2, 0.25) is 0 Å². The maximum atomic E-state index is 12.5. The number of hydrogen-bond acceptors (Lipinski definition) is 4. The van der Waals surface area contributed by atoms with Gasteiger partial charge in [-0.3, -0.25) is 9.59 Å². The van der Waals surface area contributed by atoms with Crippen molar-refractivity contribution in [2.45, 2.75) is 18.9 Å². The molecule has 0 radical (unpaired) electrons. The SMILES string of the molecule is O=C(NC1CCN(C(=O)c2ccc(Br)cc2)CC1)c1cc(O)cc(O)c1. The van der Waals surface area contributed by atoms with Gasteiger partial charge in [0.1, 0.15) is 11.5 Å². The number of benzene rings is 2. The van der Waals surface area contributed by atoms with Crippen LogP contribution >= 0.6 is 15.9 Å². The van der Waals surface area contributed by atoms with E-state index in [9.17, 15) is 19.8 Å². The molecule has 0 bridgehead atoms. The van der Waals surface area contributed by atoms with E-state index in [4.69, 9.17) is 0 Å². The van der Waals surface area contributed by atoms with E-state index in [1.54, 1.807) is 17.0 Å². The molecule has 6 nitrogen and oxygen atoms in total. The first-order chi connectivity index (χ1) is 12.4. The van der Waals surface area contributed by atoms with Gasteiger partial charge in [-0.15, -0.1) is 0 Å². The highest BCUT2D eigenvalue weighted by Crippen LogP contribution is 2.21. The van der Waals surface area contributed by atoms with Crippen LogP contribution < -0.4 is 5.32 Å². The normalized spacial score (nSPS) is 14.9. The van der Waals surface area contributed by atoms with Crippen LogP contribution in [0.1, 0.15) is 33.6 Å². The predicted octanol–water partition coefficient (Wildman–Crippen LogP) is 2.89. The Balaban J connectivity index is 1.55. The van der Waals surface area contributed by atoms with Crippen LogP contribution in [-0.4, -0.2) is 46.1 Å². The molecule has 1 heterocycles. The highest BCUT2D eigenvalue weighted by atomic mass is 79.9. The molecule has 0 aliphatic carbocycles. The number of nitrogens with one attached hydrogen (secondary N) is 1. The fraction of sp³-hybridized carbons (Fsp3) is 0.263. The Hall–Kier alpha value is -2.54. The molecule has 1 fully saturated rings. The quantitative estimate of drug-likeness (QED) is 0.714. The molecule has 0 unspecified atom stereocenters. The van der Waals surface area contributed by atoms with Crippen molar-refractivity contribution in [3.63, 3.8) is 0 Å². The van der Waals surface area contributed by atoms with Crippen molar-refractivity contribution in [2.24, 2.45) is 0 Å². The summed E-state index contributed by atoms with van der Waals surface area (Å²) in [5.41, 5.74) is 0.849. The molecule has 3 N–H and O–H groups in total. The second kappa shape index (κ2) is 7.78. The molecule has 0 atom stereocenters. The number of piperidine rings is 1. The van der Waals surface area contributed by atoms with Crippen LogP contribution in [-0.2, 0) is 0 Å². The molecular weight excluding hydrogens is 400 g/mol. The Morgan fingerprint density at radius 2 is 1.54 bits per heavy atom. The Labute approximate surface area is 159 Å². The number of aromatic hydroxyl groups is 2. The van der Waals surface area contributed by atoms with E-state index in [1.165, 1.54) is 18.2 Å². The standard InChI is InChI=1S/C19H19BrN2O4/c20-14-3-1-12(2-4-14)19(26)22-7-5-15(6-8-22)21-18(25)13-9-16(23)11-17(24)10-13/h1-4,9-11,15,23-24H,5-8H2,(H,21,25). The molecule has 0 aromatic heterocycles. The van der Waals surface area contributed by atoms with Gasteiger partial charge >= 0.3 is 0 Å². The molecule has 0 spiro atoms. The van der Waals surface area contributed by atoms with Crippen LogP contribution in [0.15, 0.2) is 46.9 Å². The molecular formula is C19H19BrN2O4. The van der Waals surface area contributed by atoms with E-state index in [-0.39, 0.29) is 34.9 Å².